The van der Waals surface area contributed by atoms with Crippen LogP contribution in [-0.4, -0.2) is 12.5 Å². The Labute approximate surface area is 99.6 Å². The fourth-order valence-corrected chi connectivity index (χ4v) is 1.54. The molecule has 15 heavy (non-hydrogen) atoms. The lowest BCUT2D eigenvalue weighted by Crippen LogP contribution is -2.24. The highest BCUT2D eigenvalue weighted by Crippen LogP contribution is 2.25. The summed E-state index contributed by atoms with van der Waals surface area (Å²) in [5.74, 6) is -0.170. The number of hydrogen-bond acceptors (Lipinski definition) is 1. The summed E-state index contributed by atoms with van der Waals surface area (Å²) >= 11 is 11.7. The average molecular weight is 246 g/mol. The van der Waals surface area contributed by atoms with E-state index >= 15 is 0 Å². The van der Waals surface area contributed by atoms with E-state index in [1.54, 1.807) is 18.2 Å². The van der Waals surface area contributed by atoms with Crippen LogP contribution >= 0.6 is 23.2 Å². The summed E-state index contributed by atoms with van der Waals surface area (Å²) in [6.45, 7) is 2.73. The molecule has 0 fully saturated rings. The van der Waals surface area contributed by atoms with Gasteiger partial charge in [0.1, 0.15) is 0 Å². The zero-order chi connectivity index (χ0) is 11.3. The van der Waals surface area contributed by atoms with Crippen LogP contribution in [0, 0.1) is 0 Å². The number of benzene rings is 1. The van der Waals surface area contributed by atoms with E-state index in [0.29, 0.717) is 22.2 Å². The molecule has 4 heteroatoms. The van der Waals surface area contributed by atoms with Crippen LogP contribution in [0.15, 0.2) is 18.2 Å². The first-order valence-electron chi connectivity index (χ1n) is 4.89. The summed E-state index contributed by atoms with van der Waals surface area (Å²) in [6, 6.07) is 5.03. The first-order valence-corrected chi connectivity index (χ1v) is 5.64. The van der Waals surface area contributed by atoms with Crippen molar-refractivity contribution < 1.29 is 4.79 Å². The van der Waals surface area contributed by atoms with E-state index < -0.39 is 0 Å². The Hall–Kier alpha value is -0.730. The molecule has 1 N–H and O–H groups in total. The van der Waals surface area contributed by atoms with Gasteiger partial charge in [0.15, 0.2) is 0 Å². The number of nitrogens with one attached hydrogen (secondary N) is 1. The molecule has 0 saturated carbocycles. The predicted molar refractivity (Wildman–Crippen MR) is 63.7 cm³/mol. The first-order chi connectivity index (χ1) is 7.16. The van der Waals surface area contributed by atoms with Crippen LogP contribution in [0.2, 0.25) is 10.0 Å². The van der Waals surface area contributed by atoms with Crippen LogP contribution in [0.5, 0.6) is 0 Å². The molecule has 0 aliphatic rings. The van der Waals surface area contributed by atoms with Gasteiger partial charge in [-0.1, -0.05) is 42.6 Å². The minimum absolute atomic E-state index is 0.170. The molecule has 1 rings (SSSR count). The first kappa shape index (κ1) is 12.3. The van der Waals surface area contributed by atoms with Crippen molar-refractivity contribution >= 4 is 29.1 Å². The summed E-state index contributed by atoms with van der Waals surface area (Å²) in [5.41, 5.74) is 0.431. The highest BCUT2D eigenvalue weighted by molar-refractivity contribution is 6.43. The van der Waals surface area contributed by atoms with Gasteiger partial charge in [-0.25, -0.2) is 0 Å². The molecule has 0 aromatic heterocycles. The fraction of sp³-hybridized carbons (Fsp3) is 0.364. The van der Waals surface area contributed by atoms with Gasteiger partial charge in [0.25, 0.3) is 5.91 Å². The van der Waals surface area contributed by atoms with Gasteiger partial charge in [-0.15, -0.1) is 0 Å². The summed E-state index contributed by atoms with van der Waals surface area (Å²) in [7, 11) is 0. The highest BCUT2D eigenvalue weighted by atomic mass is 35.5. The van der Waals surface area contributed by atoms with Crippen LogP contribution in [-0.2, 0) is 0 Å². The maximum atomic E-state index is 11.6. The Bertz CT molecular complexity index is 352. The van der Waals surface area contributed by atoms with Gasteiger partial charge >= 0.3 is 0 Å². The zero-order valence-corrected chi connectivity index (χ0v) is 10.0. The second kappa shape index (κ2) is 5.99. The number of rotatable bonds is 4. The lowest BCUT2D eigenvalue weighted by Gasteiger charge is -2.06. The van der Waals surface area contributed by atoms with Crippen molar-refractivity contribution in [2.24, 2.45) is 0 Å². The SMILES string of the molecule is CCCCNC(=O)c1cccc(Cl)c1Cl. The second-order valence-electron chi connectivity index (χ2n) is 3.21. The van der Waals surface area contributed by atoms with E-state index in [1.165, 1.54) is 0 Å². The average Bonchev–Trinajstić information content (AvgIpc) is 2.22. The Morgan fingerprint density at radius 2 is 2.13 bits per heavy atom. The molecule has 1 amide bonds. The van der Waals surface area contributed by atoms with Gasteiger partial charge in [0.05, 0.1) is 15.6 Å². The topological polar surface area (TPSA) is 29.1 Å². The Morgan fingerprint density at radius 3 is 2.80 bits per heavy atom. The van der Waals surface area contributed by atoms with Crippen molar-refractivity contribution in [2.75, 3.05) is 6.54 Å². The lowest BCUT2D eigenvalue weighted by atomic mass is 10.2. The van der Waals surface area contributed by atoms with Gasteiger partial charge in [0, 0.05) is 6.54 Å². The number of unbranched alkanes of at least 4 members (excludes halogenated alkanes) is 1. The van der Waals surface area contributed by atoms with Crippen molar-refractivity contribution in [1.82, 2.24) is 5.32 Å². The van der Waals surface area contributed by atoms with Crippen molar-refractivity contribution in [1.29, 1.82) is 0 Å². The minimum Gasteiger partial charge on any atom is -0.352 e. The summed E-state index contributed by atoms with van der Waals surface area (Å²) < 4.78 is 0. The standard InChI is InChI=1S/C11H13Cl2NO/c1-2-3-7-14-11(15)8-5-4-6-9(12)10(8)13/h4-6H,2-3,7H2,1H3,(H,14,15). The largest absolute Gasteiger partial charge is 0.352 e. The molecule has 0 bridgehead atoms. The number of hydrogen-bond donors (Lipinski definition) is 1. The molecule has 0 aliphatic carbocycles. The molecule has 82 valence electrons. The van der Waals surface area contributed by atoms with Gasteiger partial charge in [-0.2, -0.15) is 0 Å². The van der Waals surface area contributed by atoms with Crippen LogP contribution in [0.3, 0.4) is 0 Å². The number of carbonyl (C=O) groups is 1. The Balaban J connectivity index is 2.69. The monoisotopic (exact) mass is 245 g/mol. The van der Waals surface area contributed by atoms with Crippen molar-refractivity contribution in [3.8, 4) is 0 Å². The third kappa shape index (κ3) is 3.40. The molecule has 2 nitrogen and oxygen atoms in total. The van der Waals surface area contributed by atoms with Crippen LogP contribution < -0.4 is 5.32 Å². The van der Waals surface area contributed by atoms with Gasteiger partial charge in [0.2, 0.25) is 0 Å². The molecular weight excluding hydrogens is 233 g/mol. The van der Waals surface area contributed by atoms with E-state index in [9.17, 15) is 4.79 Å². The van der Waals surface area contributed by atoms with Crippen LogP contribution in [0.4, 0.5) is 0 Å². The quantitative estimate of drug-likeness (QED) is 0.809. The Kier molecular flexibility index (Phi) is 4.92. The van der Waals surface area contributed by atoms with Gasteiger partial charge < -0.3 is 5.32 Å². The van der Waals surface area contributed by atoms with E-state index in [0.717, 1.165) is 12.8 Å². The van der Waals surface area contributed by atoms with E-state index in [2.05, 4.69) is 12.2 Å². The summed E-state index contributed by atoms with van der Waals surface area (Å²) in [6.07, 6.45) is 2.01. The third-order valence-corrected chi connectivity index (χ3v) is 2.83. The molecule has 0 radical (unpaired) electrons. The third-order valence-electron chi connectivity index (χ3n) is 2.01. The van der Waals surface area contributed by atoms with Gasteiger partial charge in [-0.3, -0.25) is 4.79 Å². The number of halogens is 2. The smallest absolute Gasteiger partial charge is 0.252 e. The van der Waals surface area contributed by atoms with Crippen LogP contribution in [0.1, 0.15) is 30.1 Å². The van der Waals surface area contributed by atoms with Crippen molar-refractivity contribution in [3.63, 3.8) is 0 Å². The molecule has 1 aromatic carbocycles. The number of amides is 1. The molecule has 0 aliphatic heterocycles. The molecule has 0 spiro atoms. The molecular formula is C11H13Cl2NO. The van der Waals surface area contributed by atoms with Crippen molar-refractivity contribution in [3.05, 3.63) is 33.8 Å². The zero-order valence-electron chi connectivity index (χ0n) is 8.52. The number of carbonyl (C=O) groups excluding carboxylic acids is 1. The highest BCUT2D eigenvalue weighted by Gasteiger charge is 2.11. The fourth-order valence-electron chi connectivity index (χ4n) is 1.15. The molecule has 0 unspecified atom stereocenters. The minimum atomic E-state index is -0.170. The summed E-state index contributed by atoms with van der Waals surface area (Å²) in [5, 5.41) is 3.50. The van der Waals surface area contributed by atoms with Gasteiger partial charge in [-0.05, 0) is 18.6 Å². The van der Waals surface area contributed by atoms with E-state index in [1.807, 2.05) is 0 Å². The summed E-state index contributed by atoms with van der Waals surface area (Å²) in [4.78, 5) is 11.6. The van der Waals surface area contributed by atoms with Crippen LogP contribution in [0.25, 0.3) is 0 Å². The lowest BCUT2D eigenvalue weighted by molar-refractivity contribution is 0.0953. The Morgan fingerprint density at radius 1 is 1.40 bits per heavy atom. The van der Waals surface area contributed by atoms with Crippen molar-refractivity contribution in [2.45, 2.75) is 19.8 Å². The second-order valence-corrected chi connectivity index (χ2v) is 4.00. The molecule has 0 heterocycles. The van der Waals surface area contributed by atoms with E-state index in [-0.39, 0.29) is 5.91 Å². The predicted octanol–water partition coefficient (Wildman–Crippen LogP) is 3.52. The maximum absolute atomic E-state index is 11.6. The normalized spacial score (nSPS) is 10.1. The maximum Gasteiger partial charge on any atom is 0.252 e. The molecule has 0 atom stereocenters. The molecule has 0 saturated heterocycles. The molecule has 1 aromatic rings. The van der Waals surface area contributed by atoms with E-state index in [4.69, 9.17) is 23.2 Å².